The zero-order valence-electron chi connectivity index (χ0n) is 20.8. The Morgan fingerprint density at radius 1 is 0.667 bits per heavy atom. The molecule has 1 atom stereocenters. The fourth-order valence-corrected chi connectivity index (χ4v) is 55.3. The maximum atomic E-state index is 13.3. The smallest absolute Gasteiger partial charge is 0.416 e. The molecule has 0 saturated carbocycles. The van der Waals surface area contributed by atoms with Crippen molar-refractivity contribution in [2.75, 3.05) is 0 Å². The Hall–Kier alpha value is 0.0144. The number of rotatable bonds is 7. The van der Waals surface area contributed by atoms with Gasteiger partial charge in [0.1, 0.15) is 7.59 Å². The number of hydrogen-bond donors (Lipinski definition) is 1. The Morgan fingerprint density at radius 2 is 1.00 bits per heavy atom. The standard InChI is InChI=1S/C20H41F3O2Si5/c1-26(2,3)20(27(4,5)6,18-15-13-17(14-16-18)19(21,22)23)30(24,29(10,11)12)25-28(7,8)9/h13-16,24H,1-12H3. The maximum absolute atomic E-state index is 13.3. The van der Waals surface area contributed by atoms with Crippen molar-refractivity contribution in [1.82, 2.24) is 0 Å². The van der Waals surface area contributed by atoms with Crippen LogP contribution in [0.15, 0.2) is 24.3 Å². The van der Waals surface area contributed by atoms with Crippen LogP contribution in [0.1, 0.15) is 11.1 Å². The first-order valence-corrected chi connectivity index (χ1v) is 27.3. The highest BCUT2D eigenvalue weighted by molar-refractivity contribution is 7.43. The molecule has 2 nitrogen and oxygen atoms in total. The molecule has 174 valence electrons. The van der Waals surface area contributed by atoms with Crippen LogP contribution in [0.25, 0.3) is 0 Å². The van der Waals surface area contributed by atoms with Gasteiger partial charge in [0.05, 0.1) is 21.7 Å². The summed E-state index contributed by atoms with van der Waals surface area (Å²) in [5.41, 5.74) is 0.222. The van der Waals surface area contributed by atoms with E-state index >= 15 is 0 Å². The first-order chi connectivity index (χ1) is 12.9. The van der Waals surface area contributed by atoms with Gasteiger partial charge in [0.25, 0.3) is 0 Å². The van der Waals surface area contributed by atoms with E-state index in [1.165, 1.54) is 12.1 Å². The van der Waals surface area contributed by atoms with Crippen molar-refractivity contribution in [3.63, 3.8) is 0 Å². The van der Waals surface area contributed by atoms with E-state index in [-0.39, 0.29) is 0 Å². The lowest BCUT2D eigenvalue weighted by Gasteiger charge is -2.63. The summed E-state index contributed by atoms with van der Waals surface area (Å²) in [6, 6.07) is 5.67. The lowest BCUT2D eigenvalue weighted by Crippen LogP contribution is -2.86. The number of alkyl halides is 3. The summed E-state index contributed by atoms with van der Waals surface area (Å²) in [7, 11) is -12.2. The third-order valence-electron chi connectivity index (χ3n) is 5.87. The maximum Gasteiger partial charge on any atom is 0.416 e. The fourth-order valence-electron chi connectivity index (χ4n) is 5.35. The average Bonchev–Trinajstić information content (AvgIpc) is 2.40. The Balaban J connectivity index is 4.14. The summed E-state index contributed by atoms with van der Waals surface area (Å²) in [5, 5.41) is 0. The second-order valence-electron chi connectivity index (χ2n) is 12.4. The molecule has 0 bridgehead atoms. The van der Waals surface area contributed by atoms with Gasteiger partial charge in [0, 0.05) is 4.28 Å². The van der Waals surface area contributed by atoms with Gasteiger partial charge in [-0.1, -0.05) is 71.1 Å². The molecule has 0 aliphatic carbocycles. The van der Waals surface area contributed by atoms with Gasteiger partial charge in [-0.3, -0.25) is 0 Å². The van der Waals surface area contributed by atoms with Crippen LogP contribution in [0.2, 0.25) is 78.6 Å². The van der Waals surface area contributed by atoms with Crippen molar-refractivity contribution in [3.8, 4) is 0 Å². The summed E-state index contributed by atoms with van der Waals surface area (Å²) in [4.78, 5) is 12.8. The van der Waals surface area contributed by atoms with E-state index in [2.05, 4.69) is 78.6 Å². The summed E-state index contributed by atoms with van der Waals surface area (Å²) >= 11 is 0. The lowest BCUT2D eigenvalue weighted by molar-refractivity contribution is -0.137. The molecule has 1 rings (SSSR count). The predicted molar refractivity (Wildman–Crippen MR) is 136 cm³/mol. The van der Waals surface area contributed by atoms with Gasteiger partial charge in [0.2, 0.25) is 0 Å². The van der Waals surface area contributed by atoms with E-state index < -0.39 is 56.2 Å². The first-order valence-electron chi connectivity index (χ1n) is 10.5. The molecule has 0 spiro atoms. The Kier molecular flexibility index (Phi) is 7.57. The van der Waals surface area contributed by atoms with Crippen molar-refractivity contribution < 1.29 is 22.1 Å². The minimum Gasteiger partial charge on any atom is -0.438 e. The second kappa shape index (κ2) is 8.10. The van der Waals surface area contributed by atoms with Gasteiger partial charge in [-0.15, -0.1) is 0 Å². The van der Waals surface area contributed by atoms with E-state index in [4.69, 9.17) is 4.12 Å². The minimum atomic E-state index is -4.37. The summed E-state index contributed by atoms with van der Waals surface area (Å²) in [5.74, 6) is 0. The van der Waals surface area contributed by atoms with Crippen LogP contribution in [-0.4, -0.2) is 44.9 Å². The first kappa shape index (κ1) is 28.0. The molecule has 10 heteroatoms. The third-order valence-corrected chi connectivity index (χ3v) is 38.6. The van der Waals surface area contributed by atoms with Crippen molar-refractivity contribution in [2.45, 2.75) is 89.0 Å². The van der Waals surface area contributed by atoms with Gasteiger partial charge in [-0.25, -0.2) is 0 Å². The molecule has 1 unspecified atom stereocenters. The summed E-state index contributed by atoms with van der Waals surface area (Å²) in [6.07, 6.45) is -4.37. The number of halogens is 3. The molecule has 0 aliphatic heterocycles. The Morgan fingerprint density at radius 3 is 1.23 bits per heavy atom. The molecule has 0 heterocycles. The molecule has 0 radical (unpaired) electrons. The zero-order chi connectivity index (χ0) is 24.2. The van der Waals surface area contributed by atoms with E-state index in [1.54, 1.807) is 12.1 Å². The van der Waals surface area contributed by atoms with Crippen LogP contribution >= 0.6 is 0 Å². The molecule has 30 heavy (non-hydrogen) atoms. The van der Waals surface area contributed by atoms with Crippen LogP contribution in [0, 0.1) is 0 Å². The van der Waals surface area contributed by atoms with Crippen molar-refractivity contribution >= 4 is 40.1 Å². The quantitative estimate of drug-likeness (QED) is 0.403. The van der Waals surface area contributed by atoms with Gasteiger partial charge in [-0.05, 0) is 37.3 Å². The summed E-state index contributed by atoms with van der Waals surface area (Å²) < 4.78 is 46.2. The molecule has 0 saturated heterocycles. The molecule has 0 aromatic heterocycles. The van der Waals surface area contributed by atoms with Gasteiger partial charge < -0.3 is 8.91 Å². The predicted octanol–water partition coefficient (Wildman–Crippen LogP) is 6.94. The van der Waals surface area contributed by atoms with Crippen molar-refractivity contribution in [3.05, 3.63) is 35.4 Å². The average molecular weight is 511 g/mol. The molecular weight excluding hydrogens is 470 g/mol. The molecule has 0 amide bonds. The monoisotopic (exact) mass is 510 g/mol. The molecule has 0 aliphatic rings. The van der Waals surface area contributed by atoms with Crippen LogP contribution < -0.4 is 0 Å². The molecule has 0 fully saturated rings. The minimum absolute atomic E-state index is 0.540. The zero-order valence-corrected chi connectivity index (χ0v) is 25.8. The number of hydrogen-bond acceptors (Lipinski definition) is 2. The number of benzene rings is 1. The van der Waals surface area contributed by atoms with E-state index in [1.807, 2.05) is 0 Å². The van der Waals surface area contributed by atoms with Gasteiger partial charge >= 0.3 is 14.3 Å². The highest BCUT2D eigenvalue weighted by Crippen LogP contribution is 2.52. The molecule has 1 N–H and O–H groups in total. The Bertz CT molecular complexity index is 725. The Labute approximate surface area is 186 Å². The van der Waals surface area contributed by atoms with Crippen LogP contribution in [-0.2, 0) is 14.6 Å². The van der Waals surface area contributed by atoms with Gasteiger partial charge in [-0.2, -0.15) is 13.2 Å². The van der Waals surface area contributed by atoms with Crippen LogP contribution in [0.4, 0.5) is 13.2 Å². The second-order valence-corrected chi connectivity index (χ2v) is 42.5. The van der Waals surface area contributed by atoms with Crippen LogP contribution in [0.3, 0.4) is 0 Å². The normalized spacial score (nSPS) is 17.1. The summed E-state index contributed by atoms with van der Waals surface area (Å²) in [6.45, 7) is 26.4. The topological polar surface area (TPSA) is 29.5 Å². The van der Waals surface area contributed by atoms with Crippen molar-refractivity contribution in [2.24, 2.45) is 0 Å². The molecule has 1 aromatic rings. The van der Waals surface area contributed by atoms with Crippen molar-refractivity contribution in [1.29, 1.82) is 0 Å². The van der Waals surface area contributed by atoms with E-state index in [0.717, 1.165) is 5.56 Å². The SMILES string of the molecule is C[Si](C)(C)O[Si](O)(C(c1ccc(C(F)(F)F)cc1)([Si](C)(C)C)[Si](C)(C)C)[Si](C)(C)C. The van der Waals surface area contributed by atoms with E-state index in [9.17, 15) is 18.0 Å². The largest absolute Gasteiger partial charge is 0.438 e. The highest BCUT2D eigenvalue weighted by Gasteiger charge is 2.73. The molecular formula is C20H41F3O2Si5. The van der Waals surface area contributed by atoms with E-state index in [0.29, 0.717) is 0 Å². The third kappa shape index (κ3) is 4.99. The van der Waals surface area contributed by atoms with Crippen LogP contribution in [0.5, 0.6) is 0 Å². The van der Waals surface area contributed by atoms with Gasteiger partial charge in [0.15, 0.2) is 8.32 Å². The molecule has 1 aromatic carbocycles. The highest BCUT2D eigenvalue weighted by atomic mass is 29.3. The fraction of sp³-hybridized carbons (Fsp3) is 0.700. The lowest BCUT2D eigenvalue weighted by atomic mass is 10.1.